The molecule has 3 aromatic rings. The standard InChI is InChI=1S/C32H38N2O5/c1-8-9-22-14-16-33(27(19-22)23-10-12-24(13-11-23)30(35)38-7)20-26-25-15-17-34(31(36)39-32(3,4)5)29(25)21(2)18-28(26)37-6/h1,10-13,15,17-18,22,27H,9,14,16,19-20H2,2-7H3/t22-,27-/m0/s1. The number of carbonyl (C=O) groups is 2. The van der Waals surface area contributed by atoms with Crippen molar-refractivity contribution in [3.63, 3.8) is 0 Å². The molecule has 1 fully saturated rings. The molecule has 7 nitrogen and oxygen atoms in total. The summed E-state index contributed by atoms with van der Waals surface area (Å²) in [7, 11) is 3.06. The number of benzene rings is 2. The molecule has 0 radical (unpaired) electrons. The number of likely N-dealkylation sites (tertiary alicyclic amines) is 1. The third kappa shape index (κ3) is 6.12. The smallest absolute Gasteiger partial charge is 0.419 e. The van der Waals surface area contributed by atoms with Gasteiger partial charge in [0.15, 0.2) is 0 Å². The van der Waals surface area contributed by atoms with E-state index in [2.05, 4.69) is 10.8 Å². The maximum atomic E-state index is 13.0. The van der Waals surface area contributed by atoms with E-state index in [1.54, 1.807) is 17.9 Å². The summed E-state index contributed by atoms with van der Waals surface area (Å²) < 4.78 is 18.0. The van der Waals surface area contributed by atoms with Gasteiger partial charge >= 0.3 is 12.1 Å². The lowest BCUT2D eigenvalue weighted by Gasteiger charge is -2.40. The van der Waals surface area contributed by atoms with Gasteiger partial charge in [-0.3, -0.25) is 9.47 Å². The average molecular weight is 531 g/mol. The van der Waals surface area contributed by atoms with Crippen LogP contribution in [0.5, 0.6) is 5.75 Å². The molecule has 1 saturated heterocycles. The Balaban J connectivity index is 1.73. The molecular weight excluding hydrogens is 492 g/mol. The first-order valence-electron chi connectivity index (χ1n) is 13.3. The lowest BCUT2D eigenvalue weighted by molar-refractivity contribution is 0.0542. The van der Waals surface area contributed by atoms with Crippen LogP contribution in [-0.4, -0.2) is 47.9 Å². The molecule has 0 spiro atoms. The number of carbonyl (C=O) groups excluding carboxylic acids is 2. The Labute approximate surface area is 231 Å². The van der Waals surface area contributed by atoms with Crippen LogP contribution < -0.4 is 4.74 Å². The zero-order chi connectivity index (χ0) is 28.3. The minimum atomic E-state index is -0.601. The Morgan fingerprint density at radius 3 is 2.46 bits per heavy atom. The second-order valence-electron chi connectivity index (χ2n) is 11.2. The lowest BCUT2D eigenvalue weighted by Crippen LogP contribution is -2.36. The van der Waals surface area contributed by atoms with Gasteiger partial charge in [-0.15, -0.1) is 12.3 Å². The maximum absolute atomic E-state index is 13.0. The molecular formula is C32H38N2O5. The Morgan fingerprint density at radius 2 is 1.85 bits per heavy atom. The Kier molecular flexibility index (Phi) is 8.36. The molecule has 7 heteroatoms. The van der Waals surface area contributed by atoms with Crippen LogP contribution >= 0.6 is 0 Å². The van der Waals surface area contributed by atoms with Crippen LogP contribution in [0, 0.1) is 25.2 Å². The highest BCUT2D eigenvalue weighted by atomic mass is 16.6. The molecule has 1 aromatic heterocycles. The number of hydrogen-bond donors (Lipinski definition) is 0. The summed E-state index contributed by atoms with van der Waals surface area (Å²) in [4.78, 5) is 27.5. The number of rotatable bonds is 6. The third-order valence-corrected chi connectivity index (χ3v) is 7.35. The van der Waals surface area contributed by atoms with Gasteiger partial charge in [0.25, 0.3) is 0 Å². The Bertz CT molecular complexity index is 1390. The maximum Gasteiger partial charge on any atom is 0.419 e. The van der Waals surface area contributed by atoms with Crippen molar-refractivity contribution < 1.29 is 23.8 Å². The molecule has 1 aliphatic rings. The van der Waals surface area contributed by atoms with Crippen LogP contribution in [0.2, 0.25) is 0 Å². The van der Waals surface area contributed by atoms with E-state index in [4.69, 9.17) is 20.6 Å². The van der Waals surface area contributed by atoms with Gasteiger partial charge in [0.1, 0.15) is 11.4 Å². The molecule has 0 amide bonds. The number of aryl methyl sites for hydroxylation is 1. The van der Waals surface area contributed by atoms with Crippen molar-refractivity contribution in [2.45, 2.75) is 65.1 Å². The number of ether oxygens (including phenoxy) is 3. The third-order valence-electron chi connectivity index (χ3n) is 7.35. The van der Waals surface area contributed by atoms with Crippen LogP contribution in [-0.2, 0) is 16.0 Å². The minimum absolute atomic E-state index is 0.109. The fourth-order valence-electron chi connectivity index (χ4n) is 5.51. The van der Waals surface area contributed by atoms with Crippen molar-refractivity contribution in [1.29, 1.82) is 0 Å². The predicted molar refractivity (Wildman–Crippen MR) is 152 cm³/mol. The normalized spacial score (nSPS) is 18.0. The van der Waals surface area contributed by atoms with Crippen molar-refractivity contribution >= 4 is 23.0 Å². The number of esters is 1. The van der Waals surface area contributed by atoms with Crippen molar-refractivity contribution in [1.82, 2.24) is 9.47 Å². The highest BCUT2D eigenvalue weighted by Crippen LogP contribution is 2.40. The number of hydrogen-bond acceptors (Lipinski definition) is 6. The van der Waals surface area contributed by atoms with Crippen LogP contribution in [0.4, 0.5) is 4.79 Å². The summed E-state index contributed by atoms with van der Waals surface area (Å²) in [6.07, 6.45) is 9.69. The topological polar surface area (TPSA) is 70.0 Å². The van der Waals surface area contributed by atoms with Crippen molar-refractivity contribution in [2.24, 2.45) is 5.92 Å². The molecule has 0 bridgehead atoms. The number of methoxy groups -OCH3 is 2. The average Bonchev–Trinajstić information content (AvgIpc) is 3.36. The summed E-state index contributed by atoms with van der Waals surface area (Å²) in [5.74, 6) is 3.69. The summed E-state index contributed by atoms with van der Waals surface area (Å²) in [5.41, 5.74) is 3.82. The zero-order valence-electron chi connectivity index (χ0n) is 23.7. The molecule has 206 valence electrons. The first-order chi connectivity index (χ1) is 18.6. The second-order valence-corrected chi connectivity index (χ2v) is 11.2. The summed E-state index contributed by atoms with van der Waals surface area (Å²) in [6.45, 7) is 9.05. The number of aromatic nitrogens is 1. The second kappa shape index (κ2) is 11.5. The van der Waals surface area contributed by atoms with Gasteiger partial charge in [-0.25, -0.2) is 9.59 Å². The van der Waals surface area contributed by atoms with Gasteiger partial charge in [0, 0.05) is 36.2 Å². The predicted octanol–water partition coefficient (Wildman–Crippen LogP) is 6.50. The fraction of sp³-hybridized carbons (Fsp3) is 0.438. The lowest BCUT2D eigenvalue weighted by atomic mass is 9.84. The van der Waals surface area contributed by atoms with E-state index in [0.29, 0.717) is 18.0 Å². The van der Waals surface area contributed by atoms with Gasteiger partial charge in [0.05, 0.1) is 25.3 Å². The van der Waals surface area contributed by atoms with Gasteiger partial charge in [-0.1, -0.05) is 12.1 Å². The number of piperidine rings is 1. The number of nitrogens with zero attached hydrogens (tertiary/aromatic N) is 2. The largest absolute Gasteiger partial charge is 0.496 e. The van der Waals surface area contributed by atoms with E-state index in [1.807, 2.05) is 64.1 Å². The summed E-state index contributed by atoms with van der Waals surface area (Å²) in [6, 6.07) is 11.7. The molecule has 4 rings (SSSR count). The molecule has 1 aliphatic heterocycles. The molecule has 0 unspecified atom stereocenters. The Morgan fingerprint density at radius 1 is 1.13 bits per heavy atom. The molecule has 0 aliphatic carbocycles. The summed E-state index contributed by atoms with van der Waals surface area (Å²) >= 11 is 0. The van der Waals surface area contributed by atoms with E-state index < -0.39 is 11.7 Å². The van der Waals surface area contributed by atoms with Crippen LogP contribution in [0.1, 0.15) is 73.1 Å². The molecule has 39 heavy (non-hydrogen) atoms. The van der Waals surface area contributed by atoms with Gasteiger partial charge in [-0.2, -0.15) is 0 Å². The van der Waals surface area contributed by atoms with E-state index in [0.717, 1.165) is 59.2 Å². The first kappa shape index (κ1) is 28.3. The first-order valence-corrected chi connectivity index (χ1v) is 13.3. The van der Waals surface area contributed by atoms with Crippen molar-refractivity contribution in [3.8, 4) is 18.1 Å². The molecule has 2 atom stereocenters. The minimum Gasteiger partial charge on any atom is -0.496 e. The molecule has 2 aromatic carbocycles. The van der Waals surface area contributed by atoms with Gasteiger partial charge < -0.3 is 14.2 Å². The van der Waals surface area contributed by atoms with Crippen LogP contribution in [0.3, 0.4) is 0 Å². The van der Waals surface area contributed by atoms with Crippen LogP contribution in [0.15, 0.2) is 42.6 Å². The fourth-order valence-corrected chi connectivity index (χ4v) is 5.51. The van der Waals surface area contributed by atoms with Crippen LogP contribution in [0.25, 0.3) is 10.9 Å². The highest BCUT2D eigenvalue weighted by molar-refractivity contribution is 5.95. The monoisotopic (exact) mass is 530 g/mol. The number of fused-ring (bicyclic) bond motifs is 1. The quantitative estimate of drug-likeness (QED) is 0.267. The SMILES string of the molecule is C#CC[C@H]1CCN(Cc2c(OC)cc(C)c3c2ccn3C(=O)OC(C)(C)C)[C@H](c2ccc(C(=O)OC)cc2)C1. The van der Waals surface area contributed by atoms with Crippen molar-refractivity contribution in [2.75, 3.05) is 20.8 Å². The Hall–Kier alpha value is -3.76. The van der Waals surface area contributed by atoms with E-state index in [-0.39, 0.29) is 12.0 Å². The van der Waals surface area contributed by atoms with Gasteiger partial charge in [-0.05, 0) is 88.4 Å². The van der Waals surface area contributed by atoms with E-state index in [1.165, 1.54) is 7.11 Å². The zero-order valence-corrected chi connectivity index (χ0v) is 23.7. The highest BCUT2D eigenvalue weighted by Gasteiger charge is 2.31. The van der Waals surface area contributed by atoms with E-state index >= 15 is 0 Å². The van der Waals surface area contributed by atoms with Gasteiger partial charge in [0.2, 0.25) is 0 Å². The summed E-state index contributed by atoms with van der Waals surface area (Å²) in [5, 5.41) is 0.961. The van der Waals surface area contributed by atoms with Crippen molar-refractivity contribution in [3.05, 3.63) is 64.8 Å². The molecule has 0 saturated carbocycles. The number of terminal acetylenes is 1. The molecule has 0 N–H and O–H groups in total. The van der Waals surface area contributed by atoms with E-state index in [9.17, 15) is 9.59 Å². The molecule has 2 heterocycles.